The van der Waals surface area contributed by atoms with Crippen molar-refractivity contribution >= 4 is 21.6 Å². The number of benzene rings is 2. The van der Waals surface area contributed by atoms with Crippen molar-refractivity contribution < 1.29 is 22.3 Å². The molecule has 0 N–H and O–H groups in total. The SMILES string of the molecule is O=C(c1ccccc1F)N1CCc2cc(S(=O)(=O)N3CCOCC3)ccc21. The molecule has 4 rings (SSSR count). The topological polar surface area (TPSA) is 66.9 Å². The van der Waals surface area contributed by atoms with Gasteiger partial charge in [-0.1, -0.05) is 12.1 Å². The minimum atomic E-state index is -3.59. The molecule has 6 nitrogen and oxygen atoms in total. The second kappa shape index (κ2) is 7.03. The highest BCUT2D eigenvalue weighted by Crippen LogP contribution is 2.32. The number of anilines is 1. The fraction of sp³-hybridized carbons (Fsp3) is 0.316. The Balaban J connectivity index is 1.63. The lowest BCUT2D eigenvalue weighted by atomic mass is 10.1. The second-order valence-electron chi connectivity index (χ2n) is 6.49. The normalized spacial score (nSPS) is 17.7. The molecular weight excluding hydrogens is 371 g/mol. The number of amides is 1. The number of hydrogen-bond acceptors (Lipinski definition) is 4. The van der Waals surface area contributed by atoms with E-state index in [1.54, 1.807) is 18.2 Å². The van der Waals surface area contributed by atoms with Gasteiger partial charge < -0.3 is 9.64 Å². The number of morpholine rings is 1. The Morgan fingerprint density at radius 2 is 1.78 bits per heavy atom. The maximum absolute atomic E-state index is 14.0. The van der Waals surface area contributed by atoms with Crippen LogP contribution < -0.4 is 4.90 Å². The van der Waals surface area contributed by atoms with Crippen molar-refractivity contribution in [2.24, 2.45) is 0 Å². The lowest BCUT2D eigenvalue weighted by Crippen LogP contribution is -2.40. The van der Waals surface area contributed by atoms with Gasteiger partial charge in [0.1, 0.15) is 5.82 Å². The standard InChI is InChI=1S/C19H19FN2O4S/c20-17-4-2-1-3-16(17)19(23)22-8-7-14-13-15(5-6-18(14)22)27(24,25)21-9-11-26-12-10-21/h1-6,13H,7-12H2. The maximum atomic E-state index is 14.0. The van der Waals surface area contributed by atoms with Crippen molar-refractivity contribution in [2.45, 2.75) is 11.3 Å². The summed E-state index contributed by atoms with van der Waals surface area (Å²) in [5.41, 5.74) is 1.41. The van der Waals surface area contributed by atoms with Crippen molar-refractivity contribution in [3.05, 3.63) is 59.4 Å². The zero-order chi connectivity index (χ0) is 19.0. The molecule has 142 valence electrons. The van der Waals surface area contributed by atoms with Crippen LogP contribution in [0.15, 0.2) is 47.4 Å². The molecule has 27 heavy (non-hydrogen) atoms. The minimum absolute atomic E-state index is 0.00960. The van der Waals surface area contributed by atoms with Crippen molar-refractivity contribution in [1.29, 1.82) is 0 Å². The fourth-order valence-corrected chi connectivity index (χ4v) is 4.92. The number of sulfonamides is 1. The molecule has 1 amide bonds. The molecule has 2 aliphatic heterocycles. The molecule has 2 aromatic carbocycles. The van der Waals surface area contributed by atoms with E-state index in [1.807, 2.05) is 0 Å². The van der Waals surface area contributed by atoms with E-state index in [0.717, 1.165) is 5.56 Å². The number of carbonyl (C=O) groups is 1. The van der Waals surface area contributed by atoms with Gasteiger partial charge in [0.2, 0.25) is 10.0 Å². The number of nitrogens with zero attached hydrogens (tertiary/aromatic N) is 2. The third kappa shape index (κ3) is 3.24. The summed E-state index contributed by atoms with van der Waals surface area (Å²) in [6, 6.07) is 10.6. The van der Waals surface area contributed by atoms with Crippen LogP contribution in [0.2, 0.25) is 0 Å². The first kappa shape index (κ1) is 18.1. The molecule has 2 aromatic rings. The van der Waals surface area contributed by atoms with E-state index in [0.29, 0.717) is 45.0 Å². The van der Waals surface area contributed by atoms with Crippen LogP contribution in [0.25, 0.3) is 0 Å². The Hall–Kier alpha value is -2.29. The zero-order valence-electron chi connectivity index (χ0n) is 14.6. The van der Waals surface area contributed by atoms with Gasteiger partial charge in [-0.05, 0) is 42.3 Å². The Kier molecular flexibility index (Phi) is 4.71. The zero-order valence-corrected chi connectivity index (χ0v) is 15.4. The Bertz CT molecular complexity index is 987. The number of carbonyl (C=O) groups excluding carboxylic acids is 1. The van der Waals surface area contributed by atoms with E-state index >= 15 is 0 Å². The first-order chi connectivity index (χ1) is 13.0. The van der Waals surface area contributed by atoms with E-state index in [4.69, 9.17) is 4.74 Å². The summed E-state index contributed by atoms with van der Waals surface area (Å²) < 4.78 is 46.2. The maximum Gasteiger partial charge on any atom is 0.261 e. The van der Waals surface area contributed by atoms with Crippen LogP contribution in [0, 0.1) is 5.82 Å². The Morgan fingerprint density at radius 3 is 2.52 bits per heavy atom. The van der Waals surface area contributed by atoms with Gasteiger partial charge >= 0.3 is 0 Å². The summed E-state index contributed by atoms with van der Waals surface area (Å²) in [5.74, 6) is -0.988. The first-order valence-electron chi connectivity index (χ1n) is 8.76. The average molecular weight is 390 g/mol. The Labute approximate surface area is 157 Å². The molecule has 1 fully saturated rings. The van der Waals surface area contributed by atoms with Crippen molar-refractivity contribution in [3.63, 3.8) is 0 Å². The van der Waals surface area contributed by atoms with E-state index in [1.165, 1.54) is 33.5 Å². The quantitative estimate of drug-likeness (QED) is 0.805. The van der Waals surface area contributed by atoms with Crippen molar-refractivity contribution in [2.75, 3.05) is 37.7 Å². The van der Waals surface area contributed by atoms with Crippen LogP contribution in [0.4, 0.5) is 10.1 Å². The van der Waals surface area contributed by atoms with Gasteiger partial charge in [0.05, 0.1) is 23.7 Å². The molecule has 0 aromatic heterocycles. The number of fused-ring (bicyclic) bond motifs is 1. The molecule has 0 saturated carbocycles. The van der Waals surface area contributed by atoms with Gasteiger partial charge in [-0.15, -0.1) is 0 Å². The highest BCUT2D eigenvalue weighted by Gasteiger charge is 2.31. The van der Waals surface area contributed by atoms with Gasteiger partial charge in [-0.3, -0.25) is 4.79 Å². The summed E-state index contributed by atoms with van der Waals surface area (Å²) in [4.78, 5) is 14.4. The molecule has 0 bridgehead atoms. The summed E-state index contributed by atoms with van der Waals surface area (Å²) in [7, 11) is -3.59. The van der Waals surface area contributed by atoms with E-state index < -0.39 is 21.7 Å². The monoisotopic (exact) mass is 390 g/mol. The molecule has 8 heteroatoms. The molecule has 0 spiro atoms. The van der Waals surface area contributed by atoms with E-state index in [-0.39, 0.29) is 10.5 Å². The third-order valence-corrected chi connectivity index (χ3v) is 6.80. The number of ether oxygens (including phenoxy) is 1. The highest BCUT2D eigenvalue weighted by atomic mass is 32.2. The third-order valence-electron chi connectivity index (χ3n) is 4.90. The summed E-state index contributed by atoms with van der Waals surface area (Å²) in [6.07, 6.45) is 0.530. The van der Waals surface area contributed by atoms with Crippen LogP contribution in [0.5, 0.6) is 0 Å². The van der Waals surface area contributed by atoms with Gasteiger partial charge in [0.15, 0.2) is 0 Å². The number of rotatable bonds is 3. The van der Waals surface area contributed by atoms with Crippen LogP contribution in [0.3, 0.4) is 0 Å². The summed E-state index contributed by atoms with van der Waals surface area (Å²) in [5, 5.41) is 0. The number of hydrogen-bond donors (Lipinski definition) is 0. The van der Waals surface area contributed by atoms with Gasteiger partial charge in [-0.25, -0.2) is 12.8 Å². The van der Waals surface area contributed by atoms with E-state index in [9.17, 15) is 17.6 Å². The molecule has 0 aliphatic carbocycles. The molecule has 0 unspecified atom stereocenters. The van der Waals surface area contributed by atoms with Crippen LogP contribution in [0.1, 0.15) is 15.9 Å². The molecule has 2 heterocycles. The largest absolute Gasteiger partial charge is 0.379 e. The van der Waals surface area contributed by atoms with E-state index in [2.05, 4.69) is 0 Å². The molecule has 1 saturated heterocycles. The molecular formula is C19H19FN2O4S. The smallest absolute Gasteiger partial charge is 0.261 e. The highest BCUT2D eigenvalue weighted by molar-refractivity contribution is 7.89. The second-order valence-corrected chi connectivity index (χ2v) is 8.43. The minimum Gasteiger partial charge on any atom is -0.379 e. The summed E-state index contributed by atoms with van der Waals surface area (Å²) >= 11 is 0. The van der Waals surface area contributed by atoms with Gasteiger partial charge in [-0.2, -0.15) is 4.31 Å². The van der Waals surface area contributed by atoms with Crippen molar-refractivity contribution in [3.8, 4) is 0 Å². The predicted molar refractivity (Wildman–Crippen MR) is 97.8 cm³/mol. The molecule has 2 aliphatic rings. The van der Waals surface area contributed by atoms with Crippen LogP contribution >= 0.6 is 0 Å². The average Bonchev–Trinajstić information content (AvgIpc) is 3.12. The molecule has 0 atom stereocenters. The molecule has 0 radical (unpaired) electrons. The predicted octanol–water partition coefficient (Wildman–Crippen LogP) is 2.05. The first-order valence-corrected chi connectivity index (χ1v) is 10.2. The lowest BCUT2D eigenvalue weighted by Gasteiger charge is -2.26. The van der Waals surface area contributed by atoms with Gasteiger partial charge in [0, 0.05) is 25.3 Å². The fourth-order valence-electron chi connectivity index (χ4n) is 3.47. The van der Waals surface area contributed by atoms with Crippen molar-refractivity contribution in [1.82, 2.24) is 4.31 Å². The van der Waals surface area contributed by atoms with Gasteiger partial charge in [0.25, 0.3) is 5.91 Å². The summed E-state index contributed by atoms with van der Waals surface area (Å²) in [6.45, 7) is 1.82. The van der Waals surface area contributed by atoms with Crippen LogP contribution in [-0.4, -0.2) is 51.5 Å². The Morgan fingerprint density at radius 1 is 1.04 bits per heavy atom. The lowest BCUT2D eigenvalue weighted by molar-refractivity contribution is 0.0730. The van der Waals surface area contributed by atoms with Crippen LogP contribution in [-0.2, 0) is 21.2 Å². The number of halogens is 1.